The normalized spacial score (nSPS) is 15.4. The molecule has 2 aromatic heterocycles. The van der Waals surface area contributed by atoms with Gasteiger partial charge in [-0.2, -0.15) is 0 Å². The molecule has 1 aliphatic rings. The standard InChI is InChI=1S/C19H11Br2N3OS/c20-10-6-4-9(5-7-10)13-14-18(22)23-8-24-19(14)25-15-11-2-1-3-12(21)16(11)26-17(13)15/h1-8,13H,(H2,22,23,24). The SMILES string of the molecule is Nc1ncnc2c1C(c1ccc(Br)cc1)c1sc3c(Br)cccc3c1O2. The maximum Gasteiger partial charge on any atom is 0.228 e. The van der Waals surface area contributed by atoms with E-state index in [2.05, 4.69) is 60.0 Å². The maximum atomic E-state index is 6.24. The molecule has 7 heteroatoms. The summed E-state index contributed by atoms with van der Waals surface area (Å²) in [4.78, 5) is 9.67. The second-order valence-electron chi connectivity index (χ2n) is 5.98. The van der Waals surface area contributed by atoms with Gasteiger partial charge in [-0.25, -0.2) is 9.97 Å². The minimum atomic E-state index is -0.0626. The van der Waals surface area contributed by atoms with Crippen LogP contribution in [0.3, 0.4) is 0 Å². The summed E-state index contributed by atoms with van der Waals surface area (Å²) in [6, 6.07) is 14.4. The van der Waals surface area contributed by atoms with Crippen molar-refractivity contribution in [3.8, 4) is 11.6 Å². The zero-order valence-corrected chi connectivity index (χ0v) is 17.2. The molecule has 0 saturated carbocycles. The number of hydrogen-bond acceptors (Lipinski definition) is 5. The highest BCUT2D eigenvalue weighted by Gasteiger charge is 2.35. The first-order valence-corrected chi connectivity index (χ1v) is 10.3. The second kappa shape index (κ2) is 6.04. The van der Waals surface area contributed by atoms with Crippen molar-refractivity contribution in [3.63, 3.8) is 0 Å². The van der Waals surface area contributed by atoms with Crippen LogP contribution in [0.5, 0.6) is 11.6 Å². The second-order valence-corrected chi connectivity index (χ2v) is 8.80. The van der Waals surface area contributed by atoms with Crippen molar-refractivity contribution in [2.75, 3.05) is 5.73 Å². The van der Waals surface area contributed by atoms with Crippen LogP contribution in [0, 0.1) is 0 Å². The Morgan fingerprint density at radius 1 is 1.04 bits per heavy atom. The Morgan fingerprint density at radius 2 is 1.85 bits per heavy atom. The topological polar surface area (TPSA) is 61.0 Å². The largest absolute Gasteiger partial charge is 0.437 e. The van der Waals surface area contributed by atoms with E-state index in [0.29, 0.717) is 11.7 Å². The Morgan fingerprint density at radius 3 is 2.65 bits per heavy atom. The van der Waals surface area contributed by atoms with E-state index < -0.39 is 0 Å². The van der Waals surface area contributed by atoms with Crippen LogP contribution in [0.4, 0.5) is 5.82 Å². The zero-order chi connectivity index (χ0) is 17.8. The summed E-state index contributed by atoms with van der Waals surface area (Å²) in [5.41, 5.74) is 8.19. The number of nitrogens with zero attached hydrogens (tertiary/aromatic N) is 2. The summed E-state index contributed by atoms with van der Waals surface area (Å²) in [5.74, 6) is 1.76. The molecule has 4 nitrogen and oxygen atoms in total. The third-order valence-electron chi connectivity index (χ3n) is 4.48. The lowest BCUT2D eigenvalue weighted by Gasteiger charge is -2.26. The first-order valence-electron chi connectivity index (χ1n) is 7.88. The zero-order valence-electron chi connectivity index (χ0n) is 13.2. The van der Waals surface area contributed by atoms with E-state index in [-0.39, 0.29) is 5.92 Å². The van der Waals surface area contributed by atoms with Gasteiger partial charge in [-0.15, -0.1) is 11.3 Å². The number of anilines is 1. The summed E-state index contributed by atoms with van der Waals surface area (Å²) >= 11 is 8.87. The highest BCUT2D eigenvalue weighted by molar-refractivity contribution is 9.11. The Hall–Kier alpha value is -1.96. The summed E-state index contributed by atoms with van der Waals surface area (Å²) < 4.78 is 9.43. The van der Waals surface area contributed by atoms with Crippen LogP contribution < -0.4 is 10.5 Å². The minimum Gasteiger partial charge on any atom is -0.437 e. The van der Waals surface area contributed by atoms with Crippen molar-refractivity contribution in [1.29, 1.82) is 0 Å². The van der Waals surface area contributed by atoms with Crippen LogP contribution in [-0.2, 0) is 0 Å². The molecule has 26 heavy (non-hydrogen) atoms. The number of halogens is 2. The van der Waals surface area contributed by atoms with Gasteiger partial charge in [0.2, 0.25) is 5.88 Å². The van der Waals surface area contributed by atoms with E-state index in [0.717, 1.165) is 40.8 Å². The number of nitrogen functional groups attached to an aromatic ring is 1. The highest BCUT2D eigenvalue weighted by atomic mass is 79.9. The molecule has 1 unspecified atom stereocenters. The van der Waals surface area contributed by atoms with Gasteiger partial charge in [0.05, 0.1) is 21.1 Å². The summed E-state index contributed by atoms with van der Waals surface area (Å²) in [5, 5.41) is 1.07. The van der Waals surface area contributed by atoms with E-state index in [1.807, 2.05) is 24.3 Å². The van der Waals surface area contributed by atoms with Crippen LogP contribution in [0.2, 0.25) is 0 Å². The van der Waals surface area contributed by atoms with Gasteiger partial charge in [0, 0.05) is 14.3 Å². The molecule has 0 saturated heterocycles. The molecule has 1 atom stereocenters. The molecule has 0 amide bonds. The lowest BCUT2D eigenvalue weighted by atomic mass is 9.88. The van der Waals surface area contributed by atoms with E-state index >= 15 is 0 Å². The van der Waals surface area contributed by atoms with Gasteiger partial charge in [0.25, 0.3) is 0 Å². The van der Waals surface area contributed by atoms with E-state index in [9.17, 15) is 0 Å². The van der Waals surface area contributed by atoms with Crippen molar-refractivity contribution < 1.29 is 4.74 Å². The predicted molar refractivity (Wildman–Crippen MR) is 111 cm³/mol. The van der Waals surface area contributed by atoms with Crippen LogP contribution >= 0.6 is 43.2 Å². The summed E-state index contributed by atoms with van der Waals surface area (Å²) in [6.07, 6.45) is 1.45. The molecule has 0 aliphatic carbocycles. The smallest absolute Gasteiger partial charge is 0.228 e. The number of fused-ring (bicyclic) bond motifs is 4. The molecule has 0 bridgehead atoms. The quantitative estimate of drug-likeness (QED) is 0.310. The van der Waals surface area contributed by atoms with Gasteiger partial charge in [0.15, 0.2) is 5.75 Å². The Kier molecular flexibility index (Phi) is 3.77. The molecule has 2 N–H and O–H groups in total. The fourth-order valence-corrected chi connectivity index (χ4v) is 5.47. The highest BCUT2D eigenvalue weighted by Crippen LogP contribution is 2.55. The van der Waals surface area contributed by atoms with Crippen molar-refractivity contribution in [1.82, 2.24) is 9.97 Å². The number of aromatic nitrogens is 2. The molecule has 0 fully saturated rings. The van der Waals surface area contributed by atoms with Crippen molar-refractivity contribution in [2.24, 2.45) is 0 Å². The molecular formula is C19H11Br2N3OS. The molecule has 0 radical (unpaired) electrons. The molecule has 4 aromatic rings. The number of thiophene rings is 1. The van der Waals surface area contributed by atoms with Crippen LogP contribution in [0.25, 0.3) is 10.1 Å². The summed E-state index contributed by atoms with van der Waals surface area (Å²) in [6.45, 7) is 0. The van der Waals surface area contributed by atoms with Crippen LogP contribution in [0.1, 0.15) is 21.9 Å². The van der Waals surface area contributed by atoms with Crippen LogP contribution in [0.15, 0.2) is 57.7 Å². The minimum absolute atomic E-state index is 0.0626. The predicted octanol–water partition coefficient (Wildman–Crippen LogP) is 6.08. The lowest BCUT2D eigenvalue weighted by Crippen LogP contribution is -2.14. The molecule has 2 aromatic carbocycles. The first-order chi connectivity index (χ1) is 12.6. The van der Waals surface area contributed by atoms with Gasteiger partial charge in [-0.1, -0.05) is 34.1 Å². The molecule has 5 rings (SSSR count). The average molecular weight is 489 g/mol. The van der Waals surface area contributed by atoms with Crippen molar-refractivity contribution >= 4 is 59.1 Å². The molecule has 1 aliphatic heterocycles. The maximum absolute atomic E-state index is 6.24. The molecule has 128 valence electrons. The first kappa shape index (κ1) is 16.2. The third-order valence-corrected chi connectivity index (χ3v) is 7.22. The lowest BCUT2D eigenvalue weighted by molar-refractivity contribution is 0.441. The number of benzene rings is 2. The molecular weight excluding hydrogens is 478 g/mol. The van der Waals surface area contributed by atoms with E-state index in [1.54, 1.807) is 11.3 Å². The fraction of sp³-hybridized carbons (Fsp3) is 0.0526. The number of ether oxygens (including phenoxy) is 1. The van der Waals surface area contributed by atoms with Gasteiger partial charge < -0.3 is 10.5 Å². The molecule has 0 spiro atoms. The van der Waals surface area contributed by atoms with Crippen LogP contribution in [-0.4, -0.2) is 9.97 Å². The van der Waals surface area contributed by atoms with Gasteiger partial charge in [-0.05, 0) is 45.8 Å². The molecule has 3 heterocycles. The Labute approximate surface area is 170 Å². The van der Waals surface area contributed by atoms with Gasteiger partial charge in [-0.3, -0.25) is 0 Å². The fourth-order valence-electron chi connectivity index (χ4n) is 3.32. The summed E-state index contributed by atoms with van der Waals surface area (Å²) in [7, 11) is 0. The van der Waals surface area contributed by atoms with E-state index in [4.69, 9.17) is 10.5 Å². The van der Waals surface area contributed by atoms with Crippen molar-refractivity contribution in [3.05, 3.63) is 73.7 Å². The average Bonchev–Trinajstić information content (AvgIpc) is 3.01. The number of rotatable bonds is 1. The van der Waals surface area contributed by atoms with Gasteiger partial charge >= 0.3 is 0 Å². The van der Waals surface area contributed by atoms with Crippen molar-refractivity contribution in [2.45, 2.75) is 5.92 Å². The third kappa shape index (κ3) is 2.38. The number of nitrogens with two attached hydrogens (primary N) is 1. The monoisotopic (exact) mass is 487 g/mol. The Balaban J connectivity index is 1.85. The van der Waals surface area contributed by atoms with Gasteiger partial charge in [0.1, 0.15) is 12.1 Å². The van der Waals surface area contributed by atoms with E-state index in [1.165, 1.54) is 6.33 Å². The number of hydrogen-bond donors (Lipinski definition) is 1. The Bertz CT molecular complexity index is 1160.